The summed E-state index contributed by atoms with van der Waals surface area (Å²) in [6.07, 6.45) is 2.25. The zero-order valence-electron chi connectivity index (χ0n) is 18.1. The van der Waals surface area contributed by atoms with E-state index < -0.39 is 0 Å². The van der Waals surface area contributed by atoms with Gasteiger partial charge in [0.15, 0.2) is 5.78 Å². The number of aromatic hydroxyl groups is 2. The third-order valence-electron chi connectivity index (χ3n) is 6.09. The predicted octanol–water partition coefficient (Wildman–Crippen LogP) is 6.08. The first-order valence-corrected chi connectivity index (χ1v) is 11.0. The van der Waals surface area contributed by atoms with Crippen molar-refractivity contribution in [2.75, 3.05) is 0 Å². The van der Waals surface area contributed by atoms with Crippen molar-refractivity contribution < 1.29 is 19.4 Å². The maximum absolute atomic E-state index is 13.5. The average molecular weight is 438 g/mol. The first kappa shape index (κ1) is 20.8. The van der Waals surface area contributed by atoms with Gasteiger partial charge in [-0.1, -0.05) is 49.7 Å². The molecule has 2 N–H and O–H groups in total. The first-order valence-electron chi connectivity index (χ1n) is 11.0. The van der Waals surface area contributed by atoms with Crippen molar-refractivity contribution in [1.82, 2.24) is 0 Å². The maximum atomic E-state index is 13.5. The minimum absolute atomic E-state index is 0.0105. The summed E-state index contributed by atoms with van der Waals surface area (Å²) in [5.74, 6) is -0.465. The van der Waals surface area contributed by atoms with Gasteiger partial charge in [0.05, 0.1) is 16.3 Å². The van der Waals surface area contributed by atoms with E-state index >= 15 is 0 Å². The number of phenols is 2. The lowest BCUT2D eigenvalue weighted by Gasteiger charge is -2.14. The number of fused-ring (bicyclic) bond motifs is 4. The second-order valence-electron chi connectivity index (χ2n) is 8.17. The number of benzene rings is 4. The van der Waals surface area contributed by atoms with Crippen LogP contribution in [0.3, 0.4) is 0 Å². The van der Waals surface area contributed by atoms with Crippen LogP contribution in [0, 0.1) is 0 Å². The fraction of sp³-hybridized carbons (Fsp3) is 0.143. The van der Waals surface area contributed by atoms with Crippen molar-refractivity contribution in [2.45, 2.75) is 26.2 Å². The van der Waals surface area contributed by atoms with Gasteiger partial charge in [-0.25, -0.2) is 0 Å². The Morgan fingerprint density at radius 1 is 0.909 bits per heavy atom. The lowest BCUT2D eigenvalue weighted by Crippen LogP contribution is -2.06. The van der Waals surface area contributed by atoms with E-state index in [0.29, 0.717) is 50.3 Å². The Labute approximate surface area is 189 Å². The monoisotopic (exact) mass is 438 g/mol. The zero-order chi connectivity index (χ0) is 23.1. The summed E-state index contributed by atoms with van der Waals surface area (Å²) >= 11 is 0. The van der Waals surface area contributed by atoms with Crippen molar-refractivity contribution in [2.24, 2.45) is 0 Å². The quantitative estimate of drug-likeness (QED) is 0.197. The van der Waals surface area contributed by atoms with Crippen LogP contribution in [0.25, 0.3) is 32.7 Å². The van der Waals surface area contributed by atoms with Crippen molar-refractivity contribution in [3.63, 3.8) is 0 Å². The maximum Gasteiger partial charge on any atom is 0.201 e. The van der Waals surface area contributed by atoms with E-state index in [9.17, 15) is 19.8 Å². The zero-order valence-corrected chi connectivity index (χ0v) is 18.1. The highest BCUT2D eigenvalue weighted by Gasteiger charge is 2.21. The average Bonchev–Trinajstić information content (AvgIpc) is 2.83. The number of rotatable bonds is 5. The normalized spacial score (nSPS) is 11.4. The molecule has 0 aliphatic rings. The van der Waals surface area contributed by atoms with Crippen LogP contribution >= 0.6 is 0 Å². The number of unbranched alkanes of at least 4 members (excludes halogenated alkanes) is 1. The highest BCUT2D eigenvalue weighted by atomic mass is 16.3. The summed E-state index contributed by atoms with van der Waals surface area (Å²) < 4.78 is 6.15. The standard InChI is InChI=1S/C28H22O5/c1-2-3-8-20-26(31)21-15-16(25(30)18-9-4-6-11-22(18)29)13-14-17(21)24-27(32)19-10-5-7-12-23(19)33-28(20)24/h4-7,9-15,29,31H,2-3,8H2,1H3. The van der Waals surface area contributed by atoms with Gasteiger partial charge in [-0.3, -0.25) is 9.59 Å². The van der Waals surface area contributed by atoms with Crippen LogP contribution < -0.4 is 5.43 Å². The molecule has 0 saturated heterocycles. The van der Waals surface area contributed by atoms with Crippen LogP contribution in [0.15, 0.2) is 75.9 Å². The van der Waals surface area contributed by atoms with Crippen molar-refractivity contribution in [3.8, 4) is 11.5 Å². The fourth-order valence-electron chi connectivity index (χ4n) is 4.38. The van der Waals surface area contributed by atoms with E-state index in [1.807, 2.05) is 0 Å². The Kier molecular flexibility index (Phi) is 5.09. The van der Waals surface area contributed by atoms with Gasteiger partial charge in [-0.05, 0) is 43.2 Å². The molecule has 33 heavy (non-hydrogen) atoms. The van der Waals surface area contributed by atoms with Crippen LogP contribution in [-0.4, -0.2) is 16.0 Å². The molecular formula is C28H22O5. The largest absolute Gasteiger partial charge is 0.507 e. The van der Waals surface area contributed by atoms with Crippen LogP contribution in [-0.2, 0) is 6.42 Å². The molecule has 0 aliphatic carbocycles. The minimum Gasteiger partial charge on any atom is -0.507 e. The smallest absolute Gasteiger partial charge is 0.201 e. The van der Waals surface area contributed by atoms with Crippen LogP contribution in [0.1, 0.15) is 41.3 Å². The molecule has 5 nitrogen and oxygen atoms in total. The number of hydrogen-bond donors (Lipinski definition) is 2. The summed E-state index contributed by atoms with van der Waals surface area (Å²) in [7, 11) is 0. The van der Waals surface area contributed by atoms with E-state index in [1.165, 1.54) is 6.07 Å². The predicted molar refractivity (Wildman–Crippen MR) is 129 cm³/mol. The Bertz CT molecular complexity index is 1610. The molecule has 0 unspecified atom stereocenters. The van der Waals surface area contributed by atoms with Crippen LogP contribution in [0.2, 0.25) is 0 Å². The van der Waals surface area contributed by atoms with Gasteiger partial charge < -0.3 is 14.6 Å². The molecule has 0 atom stereocenters. The second kappa shape index (κ2) is 8.10. The van der Waals surface area contributed by atoms with E-state index in [2.05, 4.69) is 6.92 Å². The molecular weight excluding hydrogens is 416 g/mol. The third kappa shape index (κ3) is 3.33. The van der Waals surface area contributed by atoms with Gasteiger partial charge in [0.1, 0.15) is 22.7 Å². The van der Waals surface area contributed by atoms with Crippen LogP contribution in [0.5, 0.6) is 11.5 Å². The van der Waals surface area contributed by atoms with E-state index in [0.717, 1.165) is 12.8 Å². The molecule has 5 heteroatoms. The van der Waals surface area contributed by atoms with E-state index in [1.54, 1.807) is 60.7 Å². The fourth-order valence-corrected chi connectivity index (χ4v) is 4.38. The van der Waals surface area contributed by atoms with Crippen molar-refractivity contribution in [1.29, 1.82) is 0 Å². The van der Waals surface area contributed by atoms with E-state index in [4.69, 9.17) is 4.42 Å². The Balaban J connectivity index is 1.84. The molecule has 1 aromatic heterocycles. The van der Waals surface area contributed by atoms with Gasteiger partial charge in [-0.2, -0.15) is 0 Å². The number of ketones is 1. The molecule has 0 fully saturated rings. The lowest BCUT2D eigenvalue weighted by molar-refractivity contribution is 0.103. The molecule has 0 saturated carbocycles. The molecule has 0 radical (unpaired) electrons. The summed E-state index contributed by atoms with van der Waals surface area (Å²) in [5, 5.41) is 23.2. The summed E-state index contributed by atoms with van der Waals surface area (Å²) in [5.41, 5.74) is 1.73. The number of para-hydroxylation sites is 2. The van der Waals surface area contributed by atoms with Crippen molar-refractivity contribution in [3.05, 3.63) is 93.6 Å². The molecule has 5 aromatic rings. The Morgan fingerprint density at radius 3 is 2.45 bits per heavy atom. The Hall–Kier alpha value is -4.12. The van der Waals surface area contributed by atoms with Gasteiger partial charge in [0.2, 0.25) is 5.43 Å². The first-order chi connectivity index (χ1) is 16.0. The highest BCUT2D eigenvalue weighted by molar-refractivity contribution is 6.16. The van der Waals surface area contributed by atoms with Gasteiger partial charge in [0, 0.05) is 21.9 Å². The molecule has 0 spiro atoms. The molecule has 1 heterocycles. The van der Waals surface area contributed by atoms with Gasteiger partial charge in [0.25, 0.3) is 0 Å². The number of phenolic OH excluding ortho intramolecular Hbond substituents is 2. The summed E-state index contributed by atoms with van der Waals surface area (Å²) in [6.45, 7) is 2.05. The molecule has 0 amide bonds. The second-order valence-corrected chi connectivity index (χ2v) is 8.17. The third-order valence-corrected chi connectivity index (χ3v) is 6.09. The lowest BCUT2D eigenvalue weighted by atomic mass is 9.93. The topological polar surface area (TPSA) is 87.7 Å². The molecule has 4 aromatic carbocycles. The molecule has 0 bridgehead atoms. The Morgan fingerprint density at radius 2 is 1.67 bits per heavy atom. The molecule has 0 aliphatic heterocycles. The molecule has 5 rings (SSSR count). The van der Waals surface area contributed by atoms with Crippen molar-refractivity contribution >= 4 is 38.5 Å². The highest BCUT2D eigenvalue weighted by Crippen LogP contribution is 2.39. The SMILES string of the molecule is CCCCc1c(O)c2cc(C(=O)c3ccccc3O)ccc2c2c(=O)c3ccccc3oc12. The summed E-state index contributed by atoms with van der Waals surface area (Å²) in [4.78, 5) is 26.5. The number of hydrogen-bond acceptors (Lipinski definition) is 5. The van der Waals surface area contributed by atoms with Gasteiger partial charge in [-0.15, -0.1) is 0 Å². The summed E-state index contributed by atoms with van der Waals surface area (Å²) in [6, 6.07) is 18.3. The number of carbonyl (C=O) groups excluding carboxylic acids is 1. The number of carbonyl (C=O) groups is 1. The molecule has 164 valence electrons. The van der Waals surface area contributed by atoms with Gasteiger partial charge >= 0.3 is 0 Å². The number of aryl methyl sites for hydroxylation is 1. The van der Waals surface area contributed by atoms with E-state index in [-0.39, 0.29) is 28.3 Å². The minimum atomic E-state index is -0.366. The van der Waals surface area contributed by atoms with Crippen LogP contribution in [0.4, 0.5) is 0 Å².